The molecule has 1 heterocycles. The van der Waals surface area contributed by atoms with Crippen molar-refractivity contribution in [2.45, 2.75) is 61.1 Å². The van der Waals surface area contributed by atoms with Gasteiger partial charge in [-0.25, -0.2) is 15.2 Å². The van der Waals surface area contributed by atoms with Crippen LogP contribution in [0.5, 0.6) is 17.2 Å². The summed E-state index contributed by atoms with van der Waals surface area (Å²) in [7, 11) is -9.43. The molecule has 0 radical (unpaired) electrons. The van der Waals surface area contributed by atoms with Crippen LogP contribution in [-0.4, -0.2) is 52.1 Å². The highest BCUT2D eigenvalue weighted by Crippen LogP contribution is 2.48. The number of fused-ring (bicyclic) bond motifs is 2. The van der Waals surface area contributed by atoms with Crippen LogP contribution in [0.2, 0.25) is 0 Å². The molecule has 5 aromatic carbocycles. The summed E-state index contributed by atoms with van der Waals surface area (Å²) in [6, 6.07) is 22.0. The fourth-order valence-corrected chi connectivity index (χ4v) is 8.98. The number of aromatic nitrogens is 2. The zero-order chi connectivity index (χ0) is 42.7. The Morgan fingerprint density at radius 1 is 0.780 bits per heavy atom. The van der Waals surface area contributed by atoms with Gasteiger partial charge in [-0.15, -0.1) is 4.33 Å². The van der Waals surface area contributed by atoms with Crippen molar-refractivity contribution >= 4 is 60.3 Å². The summed E-state index contributed by atoms with van der Waals surface area (Å²) in [6.45, 7) is 10.1. The first kappa shape index (κ1) is 41.7. The predicted molar refractivity (Wildman–Crippen MR) is 219 cm³/mol. The van der Waals surface area contributed by atoms with Crippen molar-refractivity contribution < 1.29 is 55.2 Å². The number of carbonyl (C=O) groups is 1. The average molecular weight is 860 g/mol. The van der Waals surface area contributed by atoms with Crippen molar-refractivity contribution in [3.8, 4) is 39.9 Å². The molecular formula is C41H37N3O12S3. The van der Waals surface area contributed by atoms with Gasteiger partial charge in [0.15, 0.2) is 17.4 Å². The summed E-state index contributed by atoms with van der Waals surface area (Å²) >= 11 is 0.629. The molecule has 0 unspecified atom stereocenters. The number of benzene rings is 5. The minimum Gasteiger partial charge on any atom is -0.507 e. The fraction of sp³-hybridized carbons (Fsp3) is 0.195. The van der Waals surface area contributed by atoms with Crippen LogP contribution in [0.15, 0.2) is 106 Å². The van der Waals surface area contributed by atoms with Crippen LogP contribution in [0.25, 0.3) is 33.5 Å². The second kappa shape index (κ2) is 15.3. The highest BCUT2D eigenvalue weighted by Gasteiger charge is 2.34. The molecule has 0 aliphatic heterocycles. The zero-order valence-corrected chi connectivity index (χ0v) is 34.5. The third-order valence-electron chi connectivity index (χ3n) is 9.59. The molecule has 1 aromatic heterocycles. The molecule has 0 fully saturated rings. The standard InChI is InChI=1S/C41H37N3O12S3/c1-40(2,3)21-41(4,5)22-10-17-31(33(18-22)59(51,52)53)54-32-20-29(42-23-11-14-25(15-12-23)58(48,49)50)34-35-36(26-8-6-7-9-27(26)38(34)46)43-39(44-37(32)35)28-19-24(57-56-55-47)13-16-30(28)45/h6-20,42,45,47H,21H2,1-5H3,(H,48,49,50)(H,51,52,53). The van der Waals surface area contributed by atoms with Crippen LogP contribution in [-0.2, 0) is 35.0 Å². The van der Waals surface area contributed by atoms with Gasteiger partial charge in [0.1, 0.15) is 21.9 Å². The topological polar surface area (TPSA) is 232 Å². The zero-order valence-electron chi connectivity index (χ0n) is 32.0. The van der Waals surface area contributed by atoms with E-state index in [1.165, 1.54) is 48.5 Å². The molecule has 0 atom stereocenters. The normalized spacial score (nSPS) is 13.1. The molecule has 5 N–H and O–H groups in total. The van der Waals surface area contributed by atoms with Crippen molar-refractivity contribution in [1.82, 2.24) is 9.97 Å². The first-order valence-electron chi connectivity index (χ1n) is 17.8. The number of phenols is 1. The van der Waals surface area contributed by atoms with Crippen molar-refractivity contribution in [2.24, 2.45) is 5.41 Å². The Bertz CT molecular complexity index is 2890. The Balaban J connectivity index is 1.52. The van der Waals surface area contributed by atoms with E-state index in [9.17, 15) is 35.8 Å². The lowest BCUT2D eigenvalue weighted by Gasteiger charge is -2.33. The molecule has 7 rings (SSSR count). The molecule has 59 heavy (non-hydrogen) atoms. The number of nitrogens with zero attached hydrogens (tertiary/aromatic N) is 2. The van der Waals surface area contributed by atoms with Gasteiger partial charge in [-0.3, -0.25) is 13.9 Å². The summed E-state index contributed by atoms with van der Waals surface area (Å²) in [4.78, 5) is 23.6. The van der Waals surface area contributed by atoms with Gasteiger partial charge in [-0.05, 0) is 77.4 Å². The maximum absolute atomic E-state index is 14.5. The lowest BCUT2D eigenvalue weighted by atomic mass is 9.72. The average Bonchev–Trinajstić information content (AvgIpc) is 3.15. The number of hydrogen-bond donors (Lipinski definition) is 5. The number of ether oxygens (including phenoxy) is 1. The lowest BCUT2D eigenvalue weighted by molar-refractivity contribution is -0.432. The molecule has 6 aromatic rings. The number of phenolic OH excluding ortho intramolecular Hbond substituents is 1. The van der Waals surface area contributed by atoms with E-state index in [2.05, 4.69) is 35.5 Å². The minimum atomic E-state index is -4.91. The molecule has 1 aliphatic rings. The van der Waals surface area contributed by atoms with E-state index in [1.54, 1.807) is 30.3 Å². The molecule has 306 valence electrons. The molecule has 1 aliphatic carbocycles. The first-order valence-corrected chi connectivity index (χ1v) is 21.4. The van der Waals surface area contributed by atoms with E-state index in [0.717, 1.165) is 12.1 Å². The number of ketones is 1. The van der Waals surface area contributed by atoms with Crippen LogP contribution >= 0.6 is 12.0 Å². The monoisotopic (exact) mass is 859 g/mol. The quantitative estimate of drug-likeness (QED) is 0.0333. The smallest absolute Gasteiger partial charge is 0.298 e. The highest BCUT2D eigenvalue weighted by molar-refractivity contribution is 7.94. The summed E-state index contributed by atoms with van der Waals surface area (Å²) in [6.07, 6.45) is 0.668. The summed E-state index contributed by atoms with van der Waals surface area (Å²) in [5.41, 5.74) is 1.50. The SMILES string of the molecule is CC(C)(C)CC(C)(C)c1ccc(Oc2cc(Nc3ccc(S(=O)(=O)O)cc3)c3c4c(nc(-c5cc(SOOO)ccc5O)nc24)-c2ccccc2C3=O)c(S(=O)(=O)O)c1. The van der Waals surface area contributed by atoms with E-state index in [1.807, 2.05) is 13.8 Å². The van der Waals surface area contributed by atoms with Gasteiger partial charge < -0.3 is 15.2 Å². The Hall–Kier alpha value is -5.44. The van der Waals surface area contributed by atoms with Gasteiger partial charge in [-0.2, -0.15) is 16.8 Å². The largest absolute Gasteiger partial charge is 0.507 e. The third kappa shape index (κ3) is 8.52. The van der Waals surface area contributed by atoms with Crippen LogP contribution in [0, 0.1) is 5.41 Å². The fourth-order valence-electron chi connectivity index (χ4n) is 7.46. The van der Waals surface area contributed by atoms with Gasteiger partial charge in [0.05, 0.1) is 39.4 Å². The first-order chi connectivity index (χ1) is 27.6. The molecular weight excluding hydrogens is 823 g/mol. The van der Waals surface area contributed by atoms with Gasteiger partial charge in [-0.1, -0.05) is 70.0 Å². The number of aromatic hydroxyl groups is 1. The van der Waals surface area contributed by atoms with E-state index in [4.69, 9.17) is 20.0 Å². The van der Waals surface area contributed by atoms with Crippen molar-refractivity contribution in [3.63, 3.8) is 0 Å². The van der Waals surface area contributed by atoms with Gasteiger partial charge >= 0.3 is 0 Å². The Morgan fingerprint density at radius 3 is 2.12 bits per heavy atom. The van der Waals surface area contributed by atoms with E-state index >= 15 is 0 Å². The van der Waals surface area contributed by atoms with Crippen molar-refractivity contribution in [1.29, 1.82) is 0 Å². The maximum atomic E-state index is 14.5. The van der Waals surface area contributed by atoms with Crippen LogP contribution in [0.1, 0.15) is 62.5 Å². The summed E-state index contributed by atoms with van der Waals surface area (Å²) in [5.74, 6) is -1.11. The number of rotatable bonds is 12. The second-order valence-electron chi connectivity index (χ2n) is 15.7. The van der Waals surface area contributed by atoms with E-state index in [-0.39, 0.29) is 72.4 Å². The Kier molecular flexibility index (Phi) is 10.8. The number of hydrogen-bond acceptors (Lipinski definition) is 14. The van der Waals surface area contributed by atoms with Gasteiger partial charge in [0.25, 0.3) is 20.2 Å². The third-order valence-corrected chi connectivity index (χ3v) is 11.9. The number of carbonyl (C=O) groups excluding carboxylic acids is 1. The summed E-state index contributed by atoms with van der Waals surface area (Å²) < 4.78 is 80.9. The van der Waals surface area contributed by atoms with Crippen LogP contribution in [0.3, 0.4) is 0 Å². The molecule has 18 heteroatoms. The van der Waals surface area contributed by atoms with Crippen LogP contribution in [0.4, 0.5) is 11.4 Å². The Labute approximate surface area is 343 Å². The van der Waals surface area contributed by atoms with Gasteiger partial charge in [0, 0.05) is 33.2 Å². The molecule has 0 amide bonds. The minimum absolute atomic E-state index is 0.0148. The Morgan fingerprint density at radius 2 is 1.47 bits per heavy atom. The van der Waals surface area contributed by atoms with Crippen molar-refractivity contribution in [2.75, 3.05) is 5.32 Å². The van der Waals surface area contributed by atoms with Gasteiger partial charge in [0.2, 0.25) is 0 Å². The maximum Gasteiger partial charge on any atom is 0.298 e. The van der Waals surface area contributed by atoms with E-state index < -0.39 is 36.3 Å². The molecule has 0 saturated heterocycles. The predicted octanol–water partition coefficient (Wildman–Crippen LogP) is 9.39. The second-order valence-corrected chi connectivity index (χ2v) is 19.3. The van der Waals surface area contributed by atoms with Crippen molar-refractivity contribution in [3.05, 3.63) is 108 Å². The number of anilines is 2. The van der Waals surface area contributed by atoms with E-state index in [0.29, 0.717) is 40.2 Å². The molecule has 15 nitrogen and oxygen atoms in total. The molecule has 0 bridgehead atoms. The summed E-state index contributed by atoms with van der Waals surface area (Å²) in [5, 5.41) is 26.8. The molecule has 0 spiro atoms. The number of nitrogens with one attached hydrogen (secondary N) is 1. The highest BCUT2D eigenvalue weighted by atomic mass is 32.2. The molecule has 0 saturated carbocycles. The van der Waals surface area contributed by atoms with Crippen LogP contribution < -0.4 is 10.1 Å². The lowest BCUT2D eigenvalue weighted by Crippen LogP contribution is -2.25.